The second-order valence-electron chi connectivity index (χ2n) is 3.32. The Labute approximate surface area is 83.9 Å². The fourth-order valence-electron chi connectivity index (χ4n) is 1.51. The maximum Gasteiger partial charge on any atom is 0.312 e. The van der Waals surface area contributed by atoms with Crippen molar-refractivity contribution >= 4 is 17.6 Å². The Balaban J connectivity index is 2.52. The van der Waals surface area contributed by atoms with E-state index in [0.29, 0.717) is 0 Å². The van der Waals surface area contributed by atoms with Crippen molar-refractivity contribution in [3.05, 3.63) is 12.2 Å². The highest BCUT2D eigenvalue weighted by Crippen LogP contribution is 2.21. The van der Waals surface area contributed by atoms with Crippen LogP contribution in [0.5, 0.6) is 0 Å². The number of hydrogen-bond acceptors (Lipinski definition) is 2. The van der Waals surface area contributed by atoms with Crippen molar-refractivity contribution in [3.8, 4) is 0 Å². The molecule has 0 N–H and O–H groups in total. The first-order chi connectivity index (χ1) is 6.24. The van der Waals surface area contributed by atoms with Crippen molar-refractivity contribution < 1.29 is 9.53 Å². The number of carbonyl (C=O) groups excluding carboxylic acids is 1. The van der Waals surface area contributed by atoms with Gasteiger partial charge < -0.3 is 4.74 Å². The summed E-state index contributed by atoms with van der Waals surface area (Å²) in [5.74, 6) is -0.196. The minimum absolute atomic E-state index is 0.0610. The summed E-state index contributed by atoms with van der Waals surface area (Å²) < 4.78 is 4.69. The third-order valence-electron chi connectivity index (χ3n) is 2.30. The number of allylic oxidation sites excluding steroid dienone is 1. The Morgan fingerprint density at radius 1 is 1.54 bits per heavy atom. The molecular formula is C10H15ClO2. The number of ether oxygens (including phenoxy) is 1. The molecule has 0 aromatic heterocycles. The first-order valence-electron chi connectivity index (χ1n) is 4.62. The molecule has 3 heteroatoms. The summed E-state index contributed by atoms with van der Waals surface area (Å²) in [5.41, 5.74) is 0. The predicted octanol–water partition coefficient (Wildman–Crippen LogP) is 2.51. The number of alkyl halides is 1. The number of halogens is 1. The third kappa shape index (κ3) is 3.39. The van der Waals surface area contributed by atoms with E-state index in [1.165, 1.54) is 7.11 Å². The molecule has 0 aromatic rings. The highest BCUT2D eigenvalue weighted by atomic mass is 35.5. The van der Waals surface area contributed by atoms with Gasteiger partial charge in [-0.05, 0) is 19.3 Å². The van der Waals surface area contributed by atoms with Gasteiger partial charge in [0, 0.05) is 5.38 Å². The zero-order chi connectivity index (χ0) is 9.68. The van der Waals surface area contributed by atoms with Crippen LogP contribution in [-0.2, 0) is 9.53 Å². The number of methoxy groups -OCH3 is 1. The second kappa shape index (κ2) is 5.28. The van der Waals surface area contributed by atoms with Gasteiger partial charge in [0.15, 0.2) is 0 Å². The predicted molar refractivity (Wildman–Crippen MR) is 52.8 cm³/mol. The highest BCUT2D eigenvalue weighted by Gasteiger charge is 2.17. The molecule has 0 bridgehead atoms. The van der Waals surface area contributed by atoms with E-state index in [1.54, 1.807) is 0 Å². The molecule has 0 aliphatic heterocycles. The van der Waals surface area contributed by atoms with Crippen molar-refractivity contribution in [2.75, 3.05) is 7.11 Å². The minimum atomic E-state index is -0.135. The lowest BCUT2D eigenvalue weighted by Gasteiger charge is -2.14. The Kier molecular flexibility index (Phi) is 4.29. The molecular weight excluding hydrogens is 188 g/mol. The van der Waals surface area contributed by atoms with Gasteiger partial charge in [-0.1, -0.05) is 18.6 Å². The molecule has 0 saturated carbocycles. The zero-order valence-corrected chi connectivity index (χ0v) is 8.59. The standard InChI is InChI=1S/C10H15ClO2/c1-13-10(12)8-4-2-6-9(11)7-3-5-8/h2,4,8-9H,3,5-7H2,1H3/b4-2-. The van der Waals surface area contributed by atoms with Gasteiger partial charge >= 0.3 is 5.97 Å². The largest absolute Gasteiger partial charge is 0.469 e. The Morgan fingerprint density at radius 2 is 2.31 bits per heavy atom. The zero-order valence-electron chi connectivity index (χ0n) is 7.83. The summed E-state index contributed by atoms with van der Waals surface area (Å²) in [6.45, 7) is 0. The van der Waals surface area contributed by atoms with Crippen LogP contribution in [0.4, 0.5) is 0 Å². The molecule has 0 saturated heterocycles. The van der Waals surface area contributed by atoms with Gasteiger partial charge in [0.05, 0.1) is 13.0 Å². The van der Waals surface area contributed by atoms with Gasteiger partial charge in [0.2, 0.25) is 0 Å². The molecule has 2 atom stereocenters. The Morgan fingerprint density at radius 3 is 3.00 bits per heavy atom. The van der Waals surface area contributed by atoms with Gasteiger partial charge in [-0.2, -0.15) is 0 Å². The van der Waals surface area contributed by atoms with E-state index in [1.807, 2.05) is 12.2 Å². The molecule has 2 unspecified atom stereocenters. The molecule has 0 fully saturated rings. The summed E-state index contributed by atoms with van der Waals surface area (Å²) in [6, 6.07) is 0. The SMILES string of the molecule is COC(=O)C1/C=C\CC(Cl)CCC1. The average molecular weight is 203 g/mol. The van der Waals surface area contributed by atoms with Crippen LogP contribution in [0.25, 0.3) is 0 Å². The van der Waals surface area contributed by atoms with Crippen LogP contribution in [-0.4, -0.2) is 18.5 Å². The summed E-state index contributed by atoms with van der Waals surface area (Å²) in [6.07, 6.45) is 7.60. The smallest absolute Gasteiger partial charge is 0.312 e. The third-order valence-corrected chi connectivity index (χ3v) is 2.69. The average Bonchev–Trinajstić information content (AvgIpc) is 2.10. The quantitative estimate of drug-likeness (QED) is 0.371. The molecule has 0 amide bonds. The van der Waals surface area contributed by atoms with E-state index >= 15 is 0 Å². The van der Waals surface area contributed by atoms with Crippen LogP contribution in [0.2, 0.25) is 0 Å². The summed E-state index contributed by atoms with van der Waals surface area (Å²) >= 11 is 5.99. The lowest BCUT2D eigenvalue weighted by molar-refractivity contribution is -0.144. The summed E-state index contributed by atoms with van der Waals surface area (Å²) in [7, 11) is 1.43. The van der Waals surface area contributed by atoms with Crippen LogP contribution in [0, 0.1) is 5.92 Å². The van der Waals surface area contributed by atoms with Crippen LogP contribution in [0.15, 0.2) is 12.2 Å². The lowest BCUT2D eigenvalue weighted by atomic mass is 9.96. The van der Waals surface area contributed by atoms with E-state index in [-0.39, 0.29) is 17.3 Å². The molecule has 1 aliphatic rings. The van der Waals surface area contributed by atoms with E-state index in [4.69, 9.17) is 11.6 Å². The molecule has 2 nitrogen and oxygen atoms in total. The topological polar surface area (TPSA) is 26.3 Å². The van der Waals surface area contributed by atoms with Crippen LogP contribution < -0.4 is 0 Å². The second-order valence-corrected chi connectivity index (χ2v) is 3.94. The van der Waals surface area contributed by atoms with Crippen molar-refractivity contribution in [3.63, 3.8) is 0 Å². The van der Waals surface area contributed by atoms with Gasteiger partial charge in [0.25, 0.3) is 0 Å². The van der Waals surface area contributed by atoms with Crippen LogP contribution >= 0.6 is 11.6 Å². The maximum absolute atomic E-state index is 11.2. The van der Waals surface area contributed by atoms with Gasteiger partial charge in [-0.3, -0.25) is 4.79 Å². The van der Waals surface area contributed by atoms with E-state index < -0.39 is 0 Å². The molecule has 0 spiro atoms. The first kappa shape index (κ1) is 10.6. The van der Waals surface area contributed by atoms with E-state index in [0.717, 1.165) is 25.7 Å². The van der Waals surface area contributed by atoms with Gasteiger partial charge in [0.1, 0.15) is 0 Å². The highest BCUT2D eigenvalue weighted by molar-refractivity contribution is 6.20. The molecule has 13 heavy (non-hydrogen) atoms. The van der Waals surface area contributed by atoms with Crippen LogP contribution in [0.1, 0.15) is 25.7 Å². The fourth-order valence-corrected chi connectivity index (χ4v) is 1.77. The van der Waals surface area contributed by atoms with Crippen molar-refractivity contribution in [1.29, 1.82) is 0 Å². The Hall–Kier alpha value is -0.500. The van der Waals surface area contributed by atoms with Gasteiger partial charge in [-0.15, -0.1) is 11.6 Å². The molecule has 0 radical (unpaired) electrons. The minimum Gasteiger partial charge on any atom is -0.469 e. The van der Waals surface area contributed by atoms with Crippen molar-refractivity contribution in [2.24, 2.45) is 5.92 Å². The summed E-state index contributed by atoms with van der Waals surface area (Å²) in [4.78, 5) is 11.2. The molecule has 0 heterocycles. The van der Waals surface area contributed by atoms with Crippen LogP contribution in [0.3, 0.4) is 0 Å². The molecule has 74 valence electrons. The fraction of sp³-hybridized carbons (Fsp3) is 0.700. The van der Waals surface area contributed by atoms with Crippen molar-refractivity contribution in [1.82, 2.24) is 0 Å². The Bertz CT molecular complexity index is 201. The van der Waals surface area contributed by atoms with Gasteiger partial charge in [-0.25, -0.2) is 0 Å². The number of rotatable bonds is 1. The molecule has 1 rings (SSSR count). The van der Waals surface area contributed by atoms with Crippen molar-refractivity contribution in [2.45, 2.75) is 31.1 Å². The first-order valence-corrected chi connectivity index (χ1v) is 5.06. The number of carbonyl (C=O) groups is 1. The maximum atomic E-state index is 11.2. The lowest BCUT2D eigenvalue weighted by Crippen LogP contribution is -2.15. The normalized spacial score (nSPS) is 31.5. The van der Waals surface area contributed by atoms with E-state index in [2.05, 4.69) is 4.74 Å². The molecule has 1 aliphatic carbocycles. The monoisotopic (exact) mass is 202 g/mol. The number of hydrogen-bond donors (Lipinski definition) is 0. The van der Waals surface area contributed by atoms with E-state index in [9.17, 15) is 4.79 Å². The summed E-state index contributed by atoms with van der Waals surface area (Å²) in [5, 5.41) is 0.231. The molecule has 0 aromatic carbocycles. The number of esters is 1.